The monoisotopic (exact) mass is 2400 g/mol. The van der Waals surface area contributed by atoms with E-state index in [1.807, 2.05) is 14.2 Å². The molecule has 0 aliphatic carbocycles. The number of rotatable bonds is 35. The first kappa shape index (κ1) is 161. The minimum Gasteiger partial charge on any atom is -0.306 e. The van der Waals surface area contributed by atoms with Crippen LogP contribution in [0.3, 0.4) is 0 Å². The molecule has 0 aromatic rings. The molecule has 0 aliphatic rings. The van der Waals surface area contributed by atoms with E-state index in [0.29, 0.717) is 28.5 Å². The zero-order chi connectivity index (χ0) is 123. The third-order valence-corrected chi connectivity index (χ3v) is 12.4. The van der Waals surface area contributed by atoms with Crippen LogP contribution in [0.25, 0.3) is 0 Å². The fraction of sp³-hybridized carbons (Fsp3) is 0.754. The molecule has 12 nitrogen and oxygen atoms in total. The van der Waals surface area contributed by atoms with Crippen molar-refractivity contribution >= 4 is 12.6 Å². The Morgan fingerprint density at radius 2 is 0.333 bits per heavy atom. The van der Waals surface area contributed by atoms with Crippen LogP contribution in [0.2, 0.25) is 0 Å². The van der Waals surface area contributed by atoms with Crippen molar-refractivity contribution in [1.82, 2.24) is 0 Å². The summed E-state index contributed by atoms with van der Waals surface area (Å²) in [5.41, 5.74) is -14.1. The van der Waals surface area contributed by atoms with E-state index in [0.717, 1.165) is 0 Å². The maximum Gasteiger partial charge on any atom is 0.483 e. The molecule has 147 heavy (non-hydrogen) atoms. The van der Waals surface area contributed by atoms with Gasteiger partial charge in [-0.1, -0.05) is 60.2 Å². The quantitative estimate of drug-likeness (QED) is 0.0443. The Labute approximate surface area is 755 Å². The molecule has 0 spiro atoms. The fourth-order valence-corrected chi connectivity index (χ4v) is 5.61. The second-order valence-corrected chi connectivity index (χ2v) is 22.9. The first-order valence-corrected chi connectivity index (χ1v) is 31.7. The lowest BCUT2D eigenvalue weighted by atomic mass is 10.0. The van der Waals surface area contributed by atoms with E-state index < -0.39 is 274 Å². The summed E-state index contributed by atoms with van der Waals surface area (Å²) < 4.78 is 978. The summed E-state index contributed by atoms with van der Waals surface area (Å²) in [4.78, 5) is 16.2. The predicted octanol–water partition coefficient (Wildman–Crippen LogP) is 32.8. The Bertz CT molecular complexity index is 3970. The van der Waals surface area contributed by atoms with E-state index in [1.165, 1.54) is 13.2 Å². The van der Waals surface area contributed by atoms with Gasteiger partial charge in [-0.25, -0.2) is 57.9 Å². The van der Waals surface area contributed by atoms with Gasteiger partial charge < -0.3 is 14.2 Å². The standard InChI is InChI=1S/C12H7F17O2.C10H4F16O2.C10H7F13O2.C8H4F12O2.C7H7F7O.C5H4F6O.2CF2O.3CH3F/c1-3-5(14,8(17,18)19)30-12(28,29)7(16,10(23,24)25)31-11(26,27)6(15,4(2)13)9(20,21)22;1-3(11)5(15,7(17,18)19)9(23,24)28-6(16,8(20,21)22)10(25,26)27-2-4(12,13)14;1-3-5(12,8(16,17)18)24-10(22,23)7(15,9(19,20)21)25-6(13,14)4(2)11;1-3(9)5(13,14)22-6(15,7(16,17)18)8(19,20)21-2-4(10,11)12;1-3-5(9,7(12,13)14)15-6(10,11)4(2)8;1-3(6)5(10,11)12-2-4(7,8)9;2*2-1(3)4;3*1-2/h2-3H2,1H3;1-2H2;2-3H2,1H3;1-2H2;2-3H2,1H3;1-2H2;;;3*1H3. The summed E-state index contributed by atoms with van der Waals surface area (Å²) in [7, 11) is 1.50. The van der Waals surface area contributed by atoms with Crippen molar-refractivity contribution in [1.29, 1.82) is 0 Å². The molecule has 0 radical (unpaired) electrons. The Hall–Kier alpha value is -8.08. The predicted molar refractivity (Wildman–Crippen MR) is 311 cm³/mol. The molecule has 9 unspecified atom stereocenters. The van der Waals surface area contributed by atoms with Gasteiger partial charge in [0.05, 0.1) is 21.5 Å². The van der Waals surface area contributed by atoms with Crippen LogP contribution in [0.5, 0.6) is 0 Å². The lowest BCUT2D eigenvalue weighted by molar-refractivity contribution is -0.543. The van der Waals surface area contributed by atoms with Crippen molar-refractivity contribution in [2.24, 2.45) is 0 Å². The van der Waals surface area contributed by atoms with Crippen molar-refractivity contribution in [2.75, 3.05) is 41.4 Å². The van der Waals surface area contributed by atoms with Gasteiger partial charge >= 0.3 is 200 Å². The largest absolute Gasteiger partial charge is 0.483 e. The van der Waals surface area contributed by atoms with Crippen molar-refractivity contribution < 1.29 is 399 Å². The van der Waals surface area contributed by atoms with Gasteiger partial charge in [0.1, 0.15) is 31.5 Å². The second-order valence-electron chi connectivity index (χ2n) is 22.9. The Morgan fingerprint density at radius 1 is 0.184 bits per heavy atom. The molecule has 0 aromatic carbocycles. The van der Waals surface area contributed by atoms with Gasteiger partial charge in [0.15, 0.2) is 23.3 Å². The normalized spacial score (nSPS) is 17.2. The number of carbonyl (C=O) groups is 2. The summed E-state index contributed by atoms with van der Waals surface area (Å²) in [6.07, 6.45) is -156. The van der Waals surface area contributed by atoms with Crippen molar-refractivity contribution in [3.8, 4) is 0 Å². The first-order valence-electron chi connectivity index (χ1n) is 31.7. The third kappa shape index (κ3) is 46.2. The van der Waals surface area contributed by atoms with E-state index in [4.69, 9.17) is 9.59 Å². The van der Waals surface area contributed by atoms with Gasteiger partial charge in [-0.05, 0) is 0 Å². The SMILES string of the molecule is C=C(F)C(F)(C(F)(F)F)C(F)(F)OC(F)(C(F)(F)F)C(F)(F)OC(F)(CC)C(F)(F)F.C=C(F)C(F)(C(F)(F)F)C(F)(F)OC(F)(C(F)(F)F)C(F)(F)OCC(F)(F)F.C=C(F)C(F)(F)OC(F)(C(F)(F)F)C(F)(F)OC(F)(CC)C(F)(F)F.C=C(F)C(F)(F)OC(F)(C(F)(F)F)C(F)(F)OCC(F)(F)F.C=C(F)C(F)(F)OC(F)(CC)C(F)(F)F.C=C(F)C(F)(F)OCC(F)(F)F.CF.CF.CF.O=C(F)F.O=C(F)F. The molecule has 9 atom stereocenters. The zero-order valence-corrected chi connectivity index (χ0v) is 68.4. The molecule has 0 aromatic heterocycles. The van der Waals surface area contributed by atoms with Gasteiger partial charge in [-0.15, -0.1) is 17.6 Å². The lowest BCUT2D eigenvalue weighted by Gasteiger charge is -2.41. The number of alkyl halides is 68. The molecule has 0 rings (SSSR count). The lowest BCUT2D eigenvalue weighted by Crippen LogP contribution is -2.68. The van der Waals surface area contributed by atoms with Crippen LogP contribution < -0.4 is 0 Å². The molecule has 0 saturated heterocycles. The van der Waals surface area contributed by atoms with Gasteiger partial charge in [-0.2, -0.15) is 263 Å². The molecule has 0 fully saturated rings. The van der Waals surface area contributed by atoms with E-state index in [9.17, 15) is 342 Å². The van der Waals surface area contributed by atoms with E-state index >= 15 is 0 Å². The zero-order valence-electron chi connectivity index (χ0n) is 68.4. The molecule has 0 bridgehead atoms. The van der Waals surface area contributed by atoms with Crippen LogP contribution in [-0.4, -0.2) is 241 Å². The van der Waals surface area contributed by atoms with Crippen LogP contribution in [0, 0.1) is 0 Å². The molecule has 0 saturated carbocycles. The highest BCUT2D eigenvalue weighted by atomic mass is 19.5. The van der Waals surface area contributed by atoms with Gasteiger partial charge in [-0.3, -0.25) is 46.3 Å². The van der Waals surface area contributed by atoms with Crippen molar-refractivity contribution in [2.45, 2.75) is 228 Å². The second kappa shape index (κ2) is 54.4. The molecule has 0 amide bonds. The molecule has 888 valence electrons. The Kier molecular flexibility index (Phi) is 59.8. The van der Waals surface area contributed by atoms with Crippen LogP contribution in [0.4, 0.5) is 352 Å². The molecular weight excluding hydrogens is 2360 g/mol. The molecule has 90 heteroatoms. The van der Waals surface area contributed by atoms with Crippen molar-refractivity contribution in [3.05, 3.63) is 74.4 Å². The summed E-state index contributed by atoms with van der Waals surface area (Å²) in [5, 5.41) is 0. The average molecular weight is 2400 g/mol. The summed E-state index contributed by atoms with van der Waals surface area (Å²) in [5.74, 6) is -64.1. The summed E-state index contributed by atoms with van der Waals surface area (Å²) >= 11 is 0. The van der Waals surface area contributed by atoms with E-state index in [2.05, 4.69) is 36.8 Å². The number of hydrogen-bond acceptors (Lipinski definition) is 12. The molecule has 0 aliphatic heterocycles. The third-order valence-electron chi connectivity index (χ3n) is 12.4. The highest BCUT2D eigenvalue weighted by Crippen LogP contribution is 2.62. The highest BCUT2D eigenvalue weighted by Gasteiger charge is 2.88. The maximum absolute atomic E-state index is 13.9. The van der Waals surface area contributed by atoms with Crippen LogP contribution >= 0.6 is 0 Å². The summed E-state index contributed by atoms with van der Waals surface area (Å²) in [6, 6.07) is 0. The Balaban J connectivity index is -0.000000166. The highest BCUT2D eigenvalue weighted by molar-refractivity contribution is 5.56. The number of carbonyl (C=O) groups excluding carboxylic acids is 2. The minimum atomic E-state index is -7.79. The first-order chi connectivity index (χ1) is 63.1. The van der Waals surface area contributed by atoms with Crippen molar-refractivity contribution in [3.63, 3.8) is 0 Å². The summed E-state index contributed by atoms with van der Waals surface area (Å²) in [6.45, 7) is 2.32. The number of ether oxygens (including phenoxy) is 10. The number of halogens is 78. The van der Waals surface area contributed by atoms with Gasteiger partial charge in [0.2, 0.25) is 0 Å². The van der Waals surface area contributed by atoms with Crippen LogP contribution in [-0.2, 0) is 47.4 Å². The Morgan fingerprint density at radius 3 is 0.476 bits per heavy atom. The number of hydrogen-bond donors (Lipinski definition) is 0. The van der Waals surface area contributed by atoms with E-state index in [1.54, 1.807) is 22.6 Å². The van der Waals surface area contributed by atoms with Crippen LogP contribution in [0.1, 0.15) is 40.0 Å². The van der Waals surface area contributed by atoms with Gasteiger partial charge in [0.25, 0.3) is 0 Å². The molecule has 0 N–H and O–H groups in total. The van der Waals surface area contributed by atoms with E-state index in [-0.39, 0.29) is 13.8 Å². The fourth-order valence-electron chi connectivity index (χ4n) is 5.61. The average Bonchev–Trinajstić information content (AvgIpc) is 0.720. The van der Waals surface area contributed by atoms with Crippen LogP contribution in [0.15, 0.2) is 74.4 Å². The maximum atomic E-state index is 13.9. The molecular formula is C57H42F78O12. The smallest absolute Gasteiger partial charge is 0.306 e. The topological polar surface area (TPSA) is 126 Å². The minimum absolute atomic E-state index is 0.0180. The van der Waals surface area contributed by atoms with Gasteiger partial charge in [0, 0.05) is 19.3 Å². The molecule has 0 heterocycles.